The van der Waals surface area contributed by atoms with E-state index >= 15 is 0 Å². The highest BCUT2D eigenvalue weighted by Crippen LogP contribution is 2.28. The predicted octanol–water partition coefficient (Wildman–Crippen LogP) is 3.86. The first-order valence-corrected chi connectivity index (χ1v) is 11.8. The van der Waals surface area contributed by atoms with Crippen molar-refractivity contribution in [1.82, 2.24) is 9.80 Å². The van der Waals surface area contributed by atoms with E-state index in [1.165, 1.54) is 18.2 Å². The van der Waals surface area contributed by atoms with Gasteiger partial charge in [-0.15, -0.1) is 0 Å². The van der Waals surface area contributed by atoms with E-state index in [4.69, 9.17) is 0 Å². The molecule has 0 saturated carbocycles. The van der Waals surface area contributed by atoms with E-state index in [9.17, 15) is 18.8 Å². The third-order valence-corrected chi connectivity index (χ3v) is 6.05. The molecule has 1 heterocycles. The maximum atomic E-state index is 13.5. The average molecular weight is 469 g/mol. The number of rotatable bonds is 7. The van der Waals surface area contributed by atoms with Crippen LogP contribution in [0.1, 0.15) is 48.4 Å². The summed E-state index contributed by atoms with van der Waals surface area (Å²) in [6, 6.07) is 11.1. The molecule has 3 amide bonds. The standard InChI is InChI=1S/C26H33FN4O3/c1-5-29(6-2)26(34)22-17-21(28-24(32)18(3)4)10-11-23(22)30-12-14-31(15-13-30)25(33)19-8-7-9-20(27)16-19/h7-11,16-18H,5-6,12-15H2,1-4H3,(H,28,32). The fourth-order valence-corrected chi connectivity index (χ4v) is 3.98. The quantitative estimate of drug-likeness (QED) is 0.670. The number of carbonyl (C=O) groups is 3. The Bertz CT molecular complexity index is 1040. The fraction of sp³-hybridized carbons (Fsp3) is 0.423. The Balaban J connectivity index is 1.82. The second-order valence-corrected chi connectivity index (χ2v) is 8.64. The van der Waals surface area contributed by atoms with Crippen molar-refractivity contribution in [1.29, 1.82) is 0 Å². The molecule has 1 fully saturated rings. The zero-order valence-electron chi connectivity index (χ0n) is 20.3. The van der Waals surface area contributed by atoms with E-state index in [1.807, 2.05) is 33.8 Å². The van der Waals surface area contributed by atoms with Crippen molar-refractivity contribution in [2.45, 2.75) is 27.7 Å². The van der Waals surface area contributed by atoms with Gasteiger partial charge in [0.15, 0.2) is 0 Å². The third kappa shape index (κ3) is 5.73. The normalized spacial score (nSPS) is 13.7. The highest BCUT2D eigenvalue weighted by Gasteiger charge is 2.26. The van der Waals surface area contributed by atoms with Crippen LogP contribution < -0.4 is 10.2 Å². The van der Waals surface area contributed by atoms with Crippen molar-refractivity contribution in [2.75, 3.05) is 49.5 Å². The van der Waals surface area contributed by atoms with Crippen molar-refractivity contribution in [3.63, 3.8) is 0 Å². The van der Waals surface area contributed by atoms with E-state index < -0.39 is 5.82 Å². The van der Waals surface area contributed by atoms with Crippen LogP contribution in [-0.2, 0) is 4.79 Å². The molecule has 0 aliphatic carbocycles. The molecule has 182 valence electrons. The van der Waals surface area contributed by atoms with Crippen LogP contribution in [0, 0.1) is 11.7 Å². The summed E-state index contributed by atoms with van der Waals surface area (Å²) in [6.45, 7) is 10.6. The fourth-order valence-electron chi connectivity index (χ4n) is 3.98. The van der Waals surface area contributed by atoms with Crippen molar-refractivity contribution in [2.24, 2.45) is 5.92 Å². The van der Waals surface area contributed by atoms with Crippen molar-refractivity contribution in [3.8, 4) is 0 Å². The molecule has 2 aromatic rings. The summed E-state index contributed by atoms with van der Waals surface area (Å²) >= 11 is 0. The molecule has 34 heavy (non-hydrogen) atoms. The molecule has 1 saturated heterocycles. The van der Waals surface area contributed by atoms with Crippen LogP contribution in [0.5, 0.6) is 0 Å². The van der Waals surface area contributed by atoms with Crippen molar-refractivity contribution in [3.05, 3.63) is 59.4 Å². The van der Waals surface area contributed by atoms with Crippen LogP contribution in [0.15, 0.2) is 42.5 Å². The number of anilines is 2. The number of nitrogens with zero attached hydrogens (tertiary/aromatic N) is 3. The van der Waals surface area contributed by atoms with Gasteiger partial charge in [0.2, 0.25) is 5.91 Å². The number of piperazine rings is 1. The van der Waals surface area contributed by atoms with E-state index in [1.54, 1.807) is 28.0 Å². The molecule has 0 atom stereocenters. The monoisotopic (exact) mass is 468 g/mol. The van der Waals surface area contributed by atoms with Gasteiger partial charge in [-0.25, -0.2) is 4.39 Å². The van der Waals surface area contributed by atoms with Gasteiger partial charge in [-0.3, -0.25) is 14.4 Å². The Morgan fingerprint density at radius 3 is 2.26 bits per heavy atom. The van der Waals surface area contributed by atoms with Gasteiger partial charge in [-0.05, 0) is 50.2 Å². The van der Waals surface area contributed by atoms with E-state index in [-0.39, 0.29) is 23.6 Å². The number of carbonyl (C=O) groups excluding carboxylic acids is 3. The highest BCUT2D eigenvalue weighted by atomic mass is 19.1. The molecular formula is C26H33FN4O3. The Morgan fingerprint density at radius 1 is 1.00 bits per heavy atom. The molecule has 7 nitrogen and oxygen atoms in total. The third-order valence-electron chi connectivity index (χ3n) is 6.05. The second kappa shape index (κ2) is 11.1. The smallest absolute Gasteiger partial charge is 0.256 e. The van der Waals surface area contributed by atoms with Gasteiger partial charge >= 0.3 is 0 Å². The summed E-state index contributed by atoms with van der Waals surface area (Å²) in [5, 5.41) is 2.87. The summed E-state index contributed by atoms with van der Waals surface area (Å²) in [5.74, 6) is -1.03. The lowest BCUT2D eigenvalue weighted by Crippen LogP contribution is -2.49. The molecule has 3 rings (SSSR count). The minimum Gasteiger partial charge on any atom is -0.367 e. The van der Waals surface area contributed by atoms with Gasteiger partial charge in [-0.2, -0.15) is 0 Å². The summed E-state index contributed by atoms with van der Waals surface area (Å²) < 4.78 is 13.5. The van der Waals surface area contributed by atoms with Gasteiger partial charge in [0.05, 0.1) is 5.56 Å². The topological polar surface area (TPSA) is 73.0 Å². The van der Waals surface area contributed by atoms with Crippen LogP contribution in [0.2, 0.25) is 0 Å². The maximum absolute atomic E-state index is 13.5. The van der Waals surface area contributed by atoms with Gasteiger partial charge in [0, 0.05) is 62.1 Å². The summed E-state index contributed by atoms with van der Waals surface area (Å²) in [4.78, 5) is 43.8. The number of amides is 3. The lowest BCUT2D eigenvalue weighted by molar-refractivity contribution is -0.118. The summed E-state index contributed by atoms with van der Waals surface area (Å²) in [7, 11) is 0. The number of benzene rings is 2. The number of hydrogen-bond acceptors (Lipinski definition) is 4. The van der Waals surface area contributed by atoms with Crippen LogP contribution in [0.3, 0.4) is 0 Å². The largest absolute Gasteiger partial charge is 0.367 e. The Hall–Kier alpha value is -3.42. The first kappa shape index (κ1) is 25.2. The van der Waals surface area contributed by atoms with E-state index in [0.29, 0.717) is 56.1 Å². The summed E-state index contributed by atoms with van der Waals surface area (Å²) in [6.07, 6.45) is 0. The maximum Gasteiger partial charge on any atom is 0.256 e. The molecule has 2 aromatic carbocycles. The molecule has 1 N–H and O–H groups in total. The lowest BCUT2D eigenvalue weighted by Gasteiger charge is -2.37. The molecule has 0 spiro atoms. The molecular weight excluding hydrogens is 435 g/mol. The molecule has 0 bridgehead atoms. The SMILES string of the molecule is CCN(CC)C(=O)c1cc(NC(=O)C(C)C)ccc1N1CCN(C(=O)c2cccc(F)c2)CC1. The van der Waals surface area contributed by atoms with Crippen molar-refractivity contribution < 1.29 is 18.8 Å². The zero-order chi connectivity index (χ0) is 24.8. The van der Waals surface area contributed by atoms with Crippen molar-refractivity contribution >= 4 is 29.1 Å². The van der Waals surface area contributed by atoms with E-state index in [2.05, 4.69) is 10.2 Å². The van der Waals surface area contributed by atoms with Crippen LogP contribution in [-0.4, -0.2) is 66.8 Å². The first-order valence-electron chi connectivity index (χ1n) is 11.8. The predicted molar refractivity (Wildman–Crippen MR) is 132 cm³/mol. The van der Waals surface area contributed by atoms with Crippen LogP contribution in [0.25, 0.3) is 0 Å². The second-order valence-electron chi connectivity index (χ2n) is 8.64. The van der Waals surface area contributed by atoms with Gasteiger partial charge < -0.3 is 20.0 Å². The number of nitrogens with one attached hydrogen (secondary N) is 1. The zero-order valence-corrected chi connectivity index (χ0v) is 20.3. The number of hydrogen-bond donors (Lipinski definition) is 1. The molecule has 8 heteroatoms. The minimum absolute atomic E-state index is 0.0982. The molecule has 1 aliphatic heterocycles. The Kier molecular flexibility index (Phi) is 8.26. The van der Waals surface area contributed by atoms with Gasteiger partial charge in [0.1, 0.15) is 5.82 Å². The Labute approximate surface area is 200 Å². The highest BCUT2D eigenvalue weighted by molar-refractivity contribution is 6.02. The Morgan fingerprint density at radius 2 is 1.68 bits per heavy atom. The number of halogens is 1. The minimum atomic E-state index is -0.436. The molecule has 1 aliphatic rings. The molecule has 0 unspecified atom stereocenters. The van der Waals surface area contributed by atoms with E-state index in [0.717, 1.165) is 5.69 Å². The summed E-state index contributed by atoms with van der Waals surface area (Å²) in [5.41, 5.74) is 2.21. The van der Waals surface area contributed by atoms with Crippen LogP contribution in [0.4, 0.5) is 15.8 Å². The average Bonchev–Trinajstić information content (AvgIpc) is 2.84. The first-order chi connectivity index (χ1) is 16.2. The van der Waals surface area contributed by atoms with Crippen LogP contribution >= 0.6 is 0 Å². The van der Waals surface area contributed by atoms with Gasteiger partial charge in [-0.1, -0.05) is 19.9 Å². The van der Waals surface area contributed by atoms with Gasteiger partial charge in [0.25, 0.3) is 11.8 Å². The molecule has 0 radical (unpaired) electrons. The lowest BCUT2D eigenvalue weighted by atomic mass is 10.1. The molecule has 0 aromatic heterocycles.